The van der Waals surface area contributed by atoms with Gasteiger partial charge in [-0.1, -0.05) is 11.6 Å². The molecule has 0 aliphatic carbocycles. The molecule has 3 N–H and O–H groups in total. The first-order valence-corrected chi connectivity index (χ1v) is 6.32. The highest BCUT2D eigenvalue weighted by molar-refractivity contribution is 6.31. The summed E-state index contributed by atoms with van der Waals surface area (Å²) in [6.45, 7) is 1.49. The molecule has 0 heterocycles. The van der Waals surface area contributed by atoms with Crippen LogP contribution in [0, 0.1) is 0 Å². The molecule has 2 aromatic carbocycles. The van der Waals surface area contributed by atoms with Gasteiger partial charge in [0.1, 0.15) is 0 Å². The zero-order chi connectivity index (χ0) is 14.7. The fraction of sp³-hybridized carbons (Fsp3) is 0.0667. The minimum Gasteiger partial charge on any atom is -0.398 e. The molecule has 0 saturated carbocycles. The highest BCUT2D eigenvalue weighted by Crippen LogP contribution is 2.19. The van der Waals surface area contributed by atoms with E-state index >= 15 is 0 Å². The van der Waals surface area contributed by atoms with Gasteiger partial charge in [-0.05, 0) is 49.4 Å². The quantitative estimate of drug-likeness (QED) is 0.672. The fourth-order valence-electron chi connectivity index (χ4n) is 1.73. The van der Waals surface area contributed by atoms with E-state index in [0.717, 1.165) is 0 Å². The van der Waals surface area contributed by atoms with Crippen molar-refractivity contribution in [2.45, 2.75) is 6.92 Å². The van der Waals surface area contributed by atoms with Gasteiger partial charge in [-0.2, -0.15) is 0 Å². The Morgan fingerprint density at radius 1 is 1.10 bits per heavy atom. The molecule has 0 saturated heterocycles. The lowest BCUT2D eigenvalue weighted by atomic mass is 10.1. The van der Waals surface area contributed by atoms with Crippen LogP contribution in [0.2, 0.25) is 5.02 Å². The van der Waals surface area contributed by atoms with Crippen molar-refractivity contribution in [1.82, 2.24) is 0 Å². The Morgan fingerprint density at radius 2 is 1.75 bits per heavy atom. The largest absolute Gasteiger partial charge is 0.398 e. The molecule has 1 amide bonds. The van der Waals surface area contributed by atoms with Gasteiger partial charge < -0.3 is 11.1 Å². The number of carbonyl (C=O) groups is 2. The van der Waals surface area contributed by atoms with Gasteiger partial charge >= 0.3 is 0 Å². The van der Waals surface area contributed by atoms with Crippen LogP contribution in [0.15, 0.2) is 42.5 Å². The number of nitrogens with two attached hydrogens (primary N) is 1. The predicted molar refractivity (Wildman–Crippen MR) is 80.3 cm³/mol. The first-order chi connectivity index (χ1) is 9.47. The average molecular weight is 289 g/mol. The molecule has 0 unspecified atom stereocenters. The van der Waals surface area contributed by atoms with Crippen LogP contribution >= 0.6 is 11.6 Å². The van der Waals surface area contributed by atoms with Crippen LogP contribution in [-0.2, 0) is 0 Å². The maximum atomic E-state index is 12.1. The van der Waals surface area contributed by atoms with E-state index in [1.807, 2.05) is 0 Å². The summed E-state index contributed by atoms with van der Waals surface area (Å²) in [6.07, 6.45) is 0. The highest BCUT2D eigenvalue weighted by Gasteiger charge is 2.10. The van der Waals surface area contributed by atoms with Gasteiger partial charge in [-0.3, -0.25) is 9.59 Å². The molecule has 0 aliphatic heterocycles. The van der Waals surface area contributed by atoms with Crippen molar-refractivity contribution in [2.24, 2.45) is 0 Å². The van der Waals surface area contributed by atoms with Crippen LogP contribution in [0.5, 0.6) is 0 Å². The van der Waals surface area contributed by atoms with Crippen molar-refractivity contribution < 1.29 is 9.59 Å². The molecule has 20 heavy (non-hydrogen) atoms. The molecule has 102 valence electrons. The van der Waals surface area contributed by atoms with Gasteiger partial charge in [0.25, 0.3) is 5.91 Å². The Labute approximate surface area is 121 Å². The lowest BCUT2D eigenvalue weighted by molar-refractivity contribution is 0.101. The summed E-state index contributed by atoms with van der Waals surface area (Å²) >= 11 is 5.79. The van der Waals surface area contributed by atoms with Crippen LogP contribution in [0.1, 0.15) is 27.6 Å². The Morgan fingerprint density at radius 3 is 2.30 bits per heavy atom. The number of rotatable bonds is 3. The summed E-state index contributed by atoms with van der Waals surface area (Å²) in [4.78, 5) is 23.2. The Balaban J connectivity index is 2.17. The van der Waals surface area contributed by atoms with E-state index in [0.29, 0.717) is 27.5 Å². The third kappa shape index (κ3) is 3.16. The number of ketones is 1. The van der Waals surface area contributed by atoms with Gasteiger partial charge in [0, 0.05) is 22.0 Å². The summed E-state index contributed by atoms with van der Waals surface area (Å²) in [6, 6.07) is 11.3. The minimum absolute atomic E-state index is 0.0233. The second-order valence-electron chi connectivity index (χ2n) is 4.32. The van der Waals surface area contributed by atoms with Crippen LogP contribution in [-0.4, -0.2) is 11.7 Å². The number of anilines is 2. The molecule has 5 heteroatoms. The first kappa shape index (κ1) is 14.1. The van der Waals surface area contributed by atoms with Gasteiger partial charge in [0.05, 0.1) is 5.56 Å². The van der Waals surface area contributed by atoms with E-state index in [9.17, 15) is 9.59 Å². The number of nitrogens with one attached hydrogen (secondary N) is 1. The third-order valence-corrected chi connectivity index (χ3v) is 3.04. The molecule has 4 nitrogen and oxygen atoms in total. The van der Waals surface area contributed by atoms with Gasteiger partial charge in [-0.15, -0.1) is 0 Å². The van der Waals surface area contributed by atoms with Crippen LogP contribution in [0.4, 0.5) is 11.4 Å². The Bertz CT molecular complexity index is 666. The van der Waals surface area contributed by atoms with Crippen molar-refractivity contribution in [2.75, 3.05) is 11.1 Å². The molecule has 2 aromatic rings. The number of amides is 1. The Kier molecular flexibility index (Phi) is 4.05. The first-order valence-electron chi connectivity index (χ1n) is 5.95. The summed E-state index contributed by atoms with van der Waals surface area (Å²) in [5.41, 5.74) is 7.60. The third-order valence-electron chi connectivity index (χ3n) is 2.81. The lowest BCUT2D eigenvalue weighted by Crippen LogP contribution is -2.14. The van der Waals surface area contributed by atoms with Crippen LogP contribution in [0.25, 0.3) is 0 Å². The van der Waals surface area contributed by atoms with E-state index in [4.69, 9.17) is 17.3 Å². The van der Waals surface area contributed by atoms with E-state index in [1.54, 1.807) is 36.4 Å². The number of benzene rings is 2. The number of Topliss-reactive ketones (excluding diaryl/α,β-unsaturated/α-hetero) is 1. The van der Waals surface area contributed by atoms with Crippen molar-refractivity contribution in [3.63, 3.8) is 0 Å². The number of hydrogen-bond donors (Lipinski definition) is 2. The van der Waals surface area contributed by atoms with Gasteiger partial charge in [-0.25, -0.2) is 0 Å². The monoisotopic (exact) mass is 288 g/mol. The van der Waals surface area contributed by atoms with Gasteiger partial charge in [0.15, 0.2) is 5.78 Å². The Hall–Kier alpha value is -2.33. The fourth-order valence-corrected chi connectivity index (χ4v) is 1.91. The SMILES string of the molecule is CC(=O)c1ccc(NC(=O)c2ccc(Cl)cc2N)cc1. The van der Waals surface area contributed by atoms with Crippen molar-refractivity contribution in [3.05, 3.63) is 58.6 Å². The normalized spacial score (nSPS) is 10.1. The summed E-state index contributed by atoms with van der Waals surface area (Å²) < 4.78 is 0. The second-order valence-corrected chi connectivity index (χ2v) is 4.76. The maximum absolute atomic E-state index is 12.1. The predicted octanol–water partition coefficient (Wildman–Crippen LogP) is 3.38. The lowest BCUT2D eigenvalue weighted by Gasteiger charge is -2.08. The topological polar surface area (TPSA) is 72.2 Å². The van der Waals surface area contributed by atoms with E-state index < -0.39 is 0 Å². The van der Waals surface area contributed by atoms with E-state index in [-0.39, 0.29) is 11.7 Å². The van der Waals surface area contributed by atoms with E-state index in [2.05, 4.69) is 5.32 Å². The zero-order valence-corrected chi connectivity index (χ0v) is 11.6. The van der Waals surface area contributed by atoms with Gasteiger partial charge in [0.2, 0.25) is 0 Å². The number of carbonyl (C=O) groups excluding carboxylic acids is 2. The molecular formula is C15H13ClN2O2. The smallest absolute Gasteiger partial charge is 0.257 e. The number of nitrogen functional groups attached to an aromatic ring is 1. The molecular weight excluding hydrogens is 276 g/mol. The molecule has 0 radical (unpaired) electrons. The summed E-state index contributed by atoms with van der Waals surface area (Å²) in [7, 11) is 0. The number of hydrogen-bond acceptors (Lipinski definition) is 3. The standard InChI is InChI=1S/C15H13ClN2O2/c1-9(19)10-2-5-12(6-3-10)18-15(20)13-7-4-11(16)8-14(13)17/h2-8H,17H2,1H3,(H,18,20). The van der Waals surface area contributed by atoms with E-state index in [1.165, 1.54) is 13.0 Å². The maximum Gasteiger partial charge on any atom is 0.257 e. The summed E-state index contributed by atoms with van der Waals surface area (Å²) in [5.74, 6) is -0.348. The van der Waals surface area contributed by atoms with Crippen LogP contribution in [0.3, 0.4) is 0 Å². The molecule has 0 bridgehead atoms. The molecule has 0 atom stereocenters. The van der Waals surface area contributed by atoms with Crippen LogP contribution < -0.4 is 11.1 Å². The zero-order valence-electron chi connectivity index (χ0n) is 10.8. The minimum atomic E-state index is -0.324. The average Bonchev–Trinajstić information content (AvgIpc) is 2.39. The molecule has 0 aliphatic rings. The molecule has 0 fully saturated rings. The molecule has 2 rings (SSSR count). The second kappa shape index (κ2) is 5.75. The van der Waals surface area contributed by atoms with Crippen molar-refractivity contribution in [3.8, 4) is 0 Å². The van der Waals surface area contributed by atoms with Crippen molar-refractivity contribution >= 4 is 34.7 Å². The molecule has 0 spiro atoms. The summed E-state index contributed by atoms with van der Waals surface area (Å²) in [5, 5.41) is 3.19. The van der Waals surface area contributed by atoms with Crippen molar-refractivity contribution in [1.29, 1.82) is 0 Å². The number of halogens is 1. The molecule has 0 aromatic heterocycles. The highest BCUT2D eigenvalue weighted by atomic mass is 35.5.